The van der Waals surface area contributed by atoms with Gasteiger partial charge in [-0.25, -0.2) is 0 Å². The van der Waals surface area contributed by atoms with Crippen LogP contribution in [0.4, 0.5) is 0 Å². The van der Waals surface area contributed by atoms with Gasteiger partial charge in [-0.05, 0) is 18.6 Å². The Labute approximate surface area is 139 Å². The molecule has 0 bridgehead atoms. The van der Waals surface area contributed by atoms with Crippen LogP contribution in [-0.2, 0) is 26.5 Å². The number of benzene rings is 1. The summed E-state index contributed by atoms with van der Waals surface area (Å²) in [5.41, 5.74) is 2.19. The SMILES string of the molecule is CCOC(=O)Cc1c(CSC(C)=O)n(C(C)=O)c2ccccc12. The van der Waals surface area contributed by atoms with E-state index in [4.69, 9.17) is 4.74 Å². The highest BCUT2D eigenvalue weighted by Gasteiger charge is 2.21. The average Bonchev–Trinajstić information content (AvgIpc) is 2.79. The first-order valence-corrected chi connectivity index (χ1v) is 8.35. The van der Waals surface area contributed by atoms with Gasteiger partial charge in [0.25, 0.3) is 0 Å². The van der Waals surface area contributed by atoms with E-state index in [1.54, 1.807) is 11.5 Å². The molecular formula is C17H19NO4S. The number of carbonyl (C=O) groups excluding carboxylic acids is 3. The summed E-state index contributed by atoms with van der Waals surface area (Å²) in [6.07, 6.45) is 0.0857. The maximum absolute atomic E-state index is 12.1. The molecule has 1 heterocycles. The fraction of sp³-hybridized carbons (Fsp3) is 0.353. The number of aromatic nitrogens is 1. The molecule has 0 saturated carbocycles. The van der Waals surface area contributed by atoms with Crippen LogP contribution in [0.15, 0.2) is 24.3 Å². The van der Waals surface area contributed by atoms with Crippen molar-refractivity contribution in [2.24, 2.45) is 0 Å². The highest BCUT2D eigenvalue weighted by atomic mass is 32.2. The van der Waals surface area contributed by atoms with Crippen LogP contribution < -0.4 is 0 Å². The molecule has 2 aromatic rings. The molecule has 0 saturated heterocycles. The van der Waals surface area contributed by atoms with E-state index in [2.05, 4.69) is 0 Å². The summed E-state index contributed by atoms with van der Waals surface area (Å²) in [5.74, 6) is -0.137. The van der Waals surface area contributed by atoms with Gasteiger partial charge >= 0.3 is 5.97 Å². The lowest BCUT2D eigenvalue weighted by atomic mass is 10.1. The molecular weight excluding hydrogens is 314 g/mol. The fourth-order valence-corrected chi connectivity index (χ4v) is 3.24. The van der Waals surface area contributed by atoms with E-state index in [0.29, 0.717) is 18.1 Å². The monoisotopic (exact) mass is 333 g/mol. The van der Waals surface area contributed by atoms with E-state index in [9.17, 15) is 14.4 Å². The third-order valence-corrected chi connectivity index (χ3v) is 4.27. The Morgan fingerprint density at radius 2 is 1.87 bits per heavy atom. The zero-order chi connectivity index (χ0) is 17.0. The Morgan fingerprint density at radius 1 is 1.17 bits per heavy atom. The predicted molar refractivity (Wildman–Crippen MR) is 90.6 cm³/mol. The topological polar surface area (TPSA) is 65.4 Å². The van der Waals surface area contributed by atoms with Gasteiger partial charge in [-0.15, -0.1) is 0 Å². The summed E-state index contributed by atoms with van der Waals surface area (Å²) >= 11 is 1.12. The zero-order valence-electron chi connectivity index (χ0n) is 13.4. The van der Waals surface area contributed by atoms with Crippen molar-refractivity contribution in [3.8, 4) is 0 Å². The van der Waals surface area contributed by atoms with E-state index in [-0.39, 0.29) is 23.4 Å². The average molecular weight is 333 g/mol. The van der Waals surface area contributed by atoms with Crippen LogP contribution >= 0.6 is 11.8 Å². The van der Waals surface area contributed by atoms with Crippen LogP contribution in [-0.4, -0.2) is 28.2 Å². The number of hydrogen-bond donors (Lipinski definition) is 0. The Balaban J connectivity index is 2.60. The van der Waals surface area contributed by atoms with Crippen molar-refractivity contribution in [1.82, 2.24) is 4.57 Å². The third kappa shape index (κ3) is 3.82. The summed E-state index contributed by atoms with van der Waals surface area (Å²) < 4.78 is 6.62. The van der Waals surface area contributed by atoms with Crippen molar-refractivity contribution in [1.29, 1.82) is 0 Å². The van der Waals surface area contributed by atoms with E-state index >= 15 is 0 Å². The number of thioether (sulfide) groups is 1. The molecule has 23 heavy (non-hydrogen) atoms. The minimum atomic E-state index is -0.340. The highest BCUT2D eigenvalue weighted by Crippen LogP contribution is 2.30. The van der Waals surface area contributed by atoms with Crippen LogP contribution in [0.5, 0.6) is 0 Å². The van der Waals surface area contributed by atoms with Gasteiger partial charge in [0, 0.05) is 30.7 Å². The first-order valence-electron chi connectivity index (χ1n) is 7.36. The standard InChI is InChI=1S/C17H19NO4S/c1-4-22-17(21)9-14-13-7-5-6-8-15(13)18(11(2)19)16(14)10-23-12(3)20/h5-8H,4,9-10H2,1-3H3. The molecule has 0 aliphatic carbocycles. The maximum atomic E-state index is 12.1. The number of esters is 1. The molecule has 0 aliphatic heterocycles. The van der Waals surface area contributed by atoms with Gasteiger partial charge < -0.3 is 4.74 Å². The lowest BCUT2D eigenvalue weighted by Crippen LogP contribution is -2.13. The Morgan fingerprint density at radius 3 is 2.48 bits per heavy atom. The minimum Gasteiger partial charge on any atom is -0.466 e. The second kappa shape index (κ2) is 7.46. The minimum absolute atomic E-state index is 0.0348. The first-order chi connectivity index (χ1) is 11.0. The zero-order valence-corrected chi connectivity index (χ0v) is 14.2. The van der Waals surface area contributed by atoms with Gasteiger partial charge in [0.05, 0.1) is 18.5 Å². The van der Waals surface area contributed by atoms with Gasteiger partial charge in [0.1, 0.15) is 0 Å². The molecule has 1 aromatic heterocycles. The molecule has 5 nitrogen and oxygen atoms in total. The molecule has 0 radical (unpaired) electrons. The first kappa shape index (κ1) is 17.3. The molecule has 0 spiro atoms. The lowest BCUT2D eigenvalue weighted by molar-refractivity contribution is -0.142. The van der Waals surface area contributed by atoms with Gasteiger partial charge in [-0.3, -0.25) is 19.0 Å². The Kier molecular flexibility index (Phi) is 5.60. The van der Waals surface area contributed by atoms with E-state index in [1.165, 1.54) is 13.8 Å². The van der Waals surface area contributed by atoms with Crippen molar-refractivity contribution in [3.63, 3.8) is 0 Å². The number of nitrogens with zero attached hydrogens (tertiary/aromatic N) is 1. The molecule has 0 unspecified atom stereocenters. The molecule has 6 heteroatoms. The van der Waals surface area contributed by atoms with Crippen LogP contribution in [0.3, 0.4) is 0 Å². The normalized spacial score (nSPS) is 10.7. The molecule has 122 valence electrons. The number of hydrogen-bond acceptors (Lipinski definition) is 5. The van der Waals surface area contributed by atoms with E-state index < -0.39 is 0 Å². The number of fused-ring (bicyclic) bond motifs is 1. The fourth-order valence-electron chi connectivity index (χ4n) is 2.59. The van der Waals surface area contributed by atoms with Crippen LogP contribution in [0.2, 0.25) is 0 Å². The highest BCUT2D eigenvalue weighted by molar-refractivity contribution is 8.12. The summed E-state index contributed by atoms with van der Waals surface area (Å²) in [5, 5.41) is 0.808. The molecule has 1 aromatic carbocycles. The molecule has 0 fully saturated rings. The second-order valence-electron chi connectivity index (χ2n) is 5.06. The predicted octanol–water partition coefficient (Wildman–Crippen LogP) is 3.19. The lowest BCUT2D eigenvalue weighted by Gasteiger charge is -2.08. The molecule has 0 atom stereocenters. The van der Waals surface area contributed by atoms with E-state index in [1.807, 2.05) is 24.3 Å². The van der Waals surface area contributed by atoms with Gasteiger partial charge in [-0.2, -0.15) is 0 Å². The van der Waals surface area contributed by atoms with Crippen LogP contribution in [0.1, 0.15) is 36.8 Å². The van der Waals surface area contributed by atoms with Gasteiger partial charge in [0.2, 0.25) is 5.91 Å². The number of rotatable bonds is 5. The summed E-state index contributed by atoms with van der Waals surface area (Å²) in [7, 11) is 0. The second-order valence-corrected chi connectivity index (χ2v) is 6.21. The largest absolute Gasteiger partial charge is 0.466 e. The summed E-state index contributed by atoms with van der Waals surface area (Å²) in [4.78, 5) is 35.4. The number of carbonyl (C=O) groups is 3. The van der Waals surface area contributed by atoms with Crippen molar-refractivity contribution in [3.05, 3.63) is 35.5 Å². The van der Waals surface area contributed by atoms with Crippen LogP contribution in [0.25, 0.3) is 10.9 Å². The van der Waals surface area contributed by atoms with Gasteiger partial charge in [-0.1, -0.05) is 30.0 Å². The van der Waals surface area contributed by atoms with Crippen molar-refractivity contribution in [2.45, 2.75) is 32.9 Å². The smallest absolute Gasteiger partial charge is 0.310 e. The number of ether oxygens (including phenoxy) is 1. The maximum Gasteiger partial charge on any atom is 0.310 e. The molecule has 0 amide bonds. The molecule has 0 aliphatic rings. The Hall–Kier alpha value is -2.08. The molecule has 2 rings (SSSR count). The summed E-state index contributed by atoms with van der Waals surface area (Å²) in [6, 6.07) is 7.43. The quantitative estimate of drug-likeness (QED) is 0.786. The Bertz CT molecular complexity index is 763. The summed E-state index contributed by atoms with van der Waals surface area (Å²) in [6.45, 7) is 5.02. The van der Waals surface area contributed by atoms with Crippen LogP contribution in [0, 0.1) is 0 Å². The van der Waals surface area contributed by atoms with Crippen molar-refractivity contribution >= 4 is 39.7 Å². The van der Waals surface area contributed by atoms with Crippen molar-refractivity contribution in [2.75, 3.05) is 6.61 Å². The molecule has 0 N–H and O–H groups in total. The van der Waals surface area contributed by atoms with Crippen molar-refractivity contribution < 1.29 is 19.1 Å². The number of para-hydroxylation sites is 1. The van der Waals surface area contributed by atoms with E-state index in [0.717, 1.165) is 28.2 Å². The third-order valence-electron chi connectivity index (χ3n) is 3.44. The van der Waals surface area contributed by atoms with Gasteiger partial charge in [0.15, 0.2) is 5.12 Å².